The lowest BCUT2D eigenvalue weighted by molar-refractivity contribution is 0.210. The molecule has 0 radical (unpaired) electrons. The van der Waals surface area contributed by atoms with Gasteiger partial charge in [-0.25, -0.2) is 0 Å². The zero-order valence-electron chi connectivity index (χ0n) is 14.8. The maximum Gasteiger partial charge on any atom is 0.179 e. The van der Waals surface area contributed by atoms with E-state index < -0.39 is 0 Å². The van der Waals surface area contributed by atoms with Crippen molar-refractivity contribution in [2.24, 2.45) is 5.16 Å². The van der Waals surface area contributed by atoms with E-state index >= 15 is 0 Å². The van der Waals surface area contributed by atoms with Crippen molar-refractivity contribution in [2.75, 3.05) is 20.3 Å². The third-order valence-corrected chi connectivity index (χ3v) is 4.09. The van der Waals surface area contributed by atoms with Gasteiger partial charge in [0, 0.05) is 5.56 Å². The van der Waals surface area contributed by atoms with Crippen LogP contribution in [0.1, 0.15) is 22.3 Å². The van der Waals surface area contributed by atoms with Crippen LogP contribution in [0, 0.1) is 20.8 Å². The average molecular weight is 364 g/mol. The monoisotopic (exact) mass is 363 g/mol. The lowest BCUT2D eigenvalue weighted by Gasteiger charge is -2.15. The maximum atomic E-state index is 8.62. The molecule has 2 aromatic carbocycles. The molecule has 0 saturated heterocycles. The van der Waals surface area contributed by atoms with Gasteiger partial charge >= 0.3 is 0 Å². The number of halogens is 1. The molecule has 0 amide bonds. The minimum absolute atomic E-state index is 0.315. The van der Waals surface area contributed by atoms with Crippen LogP contribution in [0.15, 0.2) is 29.4 Å². The van der Waals surface area contributed by atoms with Gasteiger partial charge in [-0.3, -0.25) is 0 Å². The number of aryl methyl sites for hydroxylation is 2. The van der Waals surface area contributed by atoms with E-state index in [4.69, 9.17) is 31.0 Å². The van der Waals surface area contributed by atoms with E-state index in [9.17, 15) is 0 Å². The summed E-state index contributed by atoms with van der Waals surface area (Å²) in [5.74, 6) is 1.75. The molecule has 1 N–H and O–H groups in total. The van der Waals surface area contributed by atoms with Gasteiger partial charge in [0.1, 0.15) is 19.0 Å². The first-order chi connectivity index (χ1) is 12.0. The van der Waals surface area contributed by atoms with Crippen LogP contribution >= 0.6 is 11.6 Å². The van der Waals surface area contributed by atoms with E-state index in [2.05, 4.69) is 18.1 Å². The number of ether oxygens (including phenoxy) is 3. The molecule has 0 aromatic heterocycles. The van der Waals surface area contributed by atoms with Crippen LogP contribution in [-0.4, -0.2) is 31.7 Å². The number of rotatable bonds is 7. The molecule has 0 unspecified atom stereocenters. The van der Waals surface area contributed by atoms with Crippen LogP contribution in [0.5, 0.6) is 17.2 Å². The van der Waals surface area contributed by atoms with Gasteiger partial charge in [-0.05, 0) is 55.7 Å². The molecule has 0 aliphatic heterocycles. The third-order valence-electron chi connectivity index (χ3n) is 3.81. The Balaban J connectivity index is 2.03. The predicted octanol–water partition coefficient (Wildman–Crippen LogP) is 4.54. The van der Waals surface area contributed by atoms with E-state index in [-0.39, 0.29) is 0 Å². The Morgan fingerprint density at radius 3 is 2.44 bits per heavy atom. The second kappa shape index (κ2) is 8.62. The highest BCUT2D eigenvalue weighted by Crippen LogP contribution is 2.36. The predicted molar refractivity (Wildman–Crippen MR) is 99.0 cm³/mol. The Morgan fingerprint density at radius 1 is 1.04 bits per heavy atom. The lowest BCUT2D eigenvalue weighted by atomic mass is 10.1. The Labute approximate surface area is 152 Å². The van der Waals surface area contributed by atoms with Crippen molar-refractivity contribution in [3.8, 4) is 17.2 Å². The minimum Gasteiger partial charge on any atom is -0.493 e. The molecular formula is C19H22ClNO4. The highest BCUT2D eigenvalue weighted by molar-refractivity contribution is 6.32. The highest BCUT2D eigenvalue weighted by atomic mass is 35.5. The average Bonchev–Trinajstić information content (AvgIpc) is 2.57. The summed E-state index contributed by atoms with van der Waals surface area (Å²) in [5, 5.41) is 12.0. The number of benzene rings is 2. The van der Waals surface area contributed by atoms with E-state index in [1.807, 2.05) is 19.9 Å². The van der Waals surface area contributed by atoms with Gasteiger partial charge in [0.05, 0.1) is 18.3 Å². The molecule has 0 heterocycles. The van der Waals surface area contributed by atoms with Gasteiger partial charge in [0.2, 0.25) is 0 Å². The van der Waals surface area contributed by atoms with Crippen molar-refractivity contribution >= 4 is 17.8 Å². The van der Waals surface area contributed by atoms with E-state index in [1.165, 1.54) is 18.9 Å². The first-order valence-corrected chi connectivity index (χ1v) is 8.22. The fourth-order valence-electron chi connectivity index (χ4n) is 2.47. The molecule has 6 heteroatoms. The summed E-state index contributed by atoms with van der Waals surface area (Å²) in [7, 11) is 1.52. The Kier molecular flexibility index (Phi) is 6.53. The zero-order chi connectivity index (χ0) is 18.4. The first kappa shape index (κ1) is 18.9. The maximum absolute atomic E-state index is 8.62. The van der Waals surface area contributed by atoms with Crippen molar-refractivity contribution in [1.82, 2.24) is 0 Å². The standard InChI is InChI=1S/C19H22ClNO4/c1-12-7-13(2)14(3)17(8-12)24-5-6-25-19-16(20)9-15(11-21-22)10-18(19)23-4/h7-11,22H,5-6H2,1-4H3. The normalized spacial score (nSPS) is 10.9. The zero-order valence-corrected chi connectivity index (χ0v) is 15.6. The van der Waals surface area contributed by atoms with Crippen LogP contribution in [0.4, 0.5) is 0 Å². The molecule has 134 valence electrons. The fourth-order valence-corrected chi connectivity index (χ4v) is 2.74. The van der Waals surface area contributed by atoms with Crippen molar-refractivity contribution in [1.29, 1.82) is 0 Å². The van der Waals surface area contributed by atoms with Crippen LogP contribution < -0.4 is 14.2 Å². The van der Waals surface area contributed by atoms with Crippen LogP contribution in [0.2, 0.25) is 5.02 Å². The molecule has 0 saturated carbocycles. The van der Waals surface area contributed by atoms with Gasteiger partial charge in [0.25, 0.3) is 0 Å². The fraction of sp³-hybridized carbons (Fsp3) is 0.316. The summed E-state index contributed by atoms with van der Waals surface area (Å²) in [6.07, 6.45) is 1.27. The van der Waals surface area contributed by atoms with Crippen molar-refractivity contribution in [2.45, 2.75) is 20.8 Å². The molecule has 5 nitrogen and oxygen atoms in total. The molecule has 2 rings (SSSR count). The molecular weight excluding hydrogens is 342 g/mol. The van der Waals surface area contributed by atoms with Crippen molar-refractivity contribution in [3.63, 3.8) is 0 Å². The van der Waals surface area contributed by atoms with Gasteiger partial charge in [-0.1, -0.05) is 22.8 Å². The van der Waals surface area contributed by atoms with E-state index in [0.29, 0.717) is 35.3 Å². The Morgan fingerprint density at radius 2 is 1.76 bits per heavy atom. The minimum atomic E-state index is 0.315. The van der Waals surface area contributed by atoms with Gasteiger partial charge < -0.3 is 19.4 Å². The number of hydrogen-bond acceptors (Lipinski definition) is 5. The molecule has 0 bridgehead atoms. The number of methoxy groups -OCH3 is 1. The first-order valence-electron chi connectivity index (χ1n) is 7.84. The molecule has 0 aliphatic rings. The number of nitrogens with zero attached hydrogens (tertiary/aromatic N) is 1. The quantitative estimate of drug-likeness (QED) is 0.339. The molecule has 2 aromatic rings. The van der Waals surface area contributed by atoms with Crippen molar-refractivity contribution < 1.29 is 19.4 Å². The summed E-state index contributed by atoms with van der Waals surface area (Å²) < 4.78 is 16.8. The van der Waals surface area contributed by atoms with E-state index in [0.717, 1.165) is 16.9 Å². The summed E-state index contributed by atoms with van der Waals surface area (Å²) in [4.78, 5) is 0. The summed E-state index contributed by atoms with van der Waals surface area (Å²) in [6.45, 7) is 6.83. The van der Waals surface area contributed by atoms with Gasteiger partial charge in [-0.2, -0.15) is 0 Å². The van der Waals surface area contributed by atoms with Crippen LogP contribution in [0.3, 0.4) is 0 Å². The number of hydrogen-bond donors (Lipinski definition) is 1. The topological polar surface area (TPSA) is 60.3 Å². The van der Waals surface area contributed by atoms with Crippen LogP contribution in [0.25, 0.3) is 0 Å². The Hall–Kier alpha value is -2.40. The molecule has 0 fully saturated rings. The van der Waals surface area contributed by atoms with Gasteiger partial charge in [-0.15, -0.1) is 0 Å². The van der Waals surface area contributed by atoms with E-state index in [1.54, 1.807) is 12.1 Å². The third kappa shape index (κ3) is 4.79. The van der Waals surface area contributed by atoms with Crippen molar-refractivity contribution in [3.05, 3.63) is 51.5 Å². The number of oxime groups is 1. The lowest BCUT2D eigenvalue weighted by Crippen LogP contribution is -2.11. The smallest absolute Gasteiger partial charge is 0.179 e. The van der Waals surface area contributed by atoms with Crippen LogP contribution in [-0.2, 0) is 0 Å². The SMILES string of the molecule is COc1cc(C=NO)cc(Cl)c1OCCOc1cc(C)cc(C)c1C. The second-order valence-corrected chi connectivity index (χ2v) is 6.09. The van der Waals surface area contributed by atoms with Gasteiger partial charge in [0.15, 0.2) is 11.5 Å². The molecule has 0 aliphatic carbocycles. The summed E-state index contributed by atoms with van der Waals surface area (Å²) in [5.41, 5.74) is 4.08. The molecule has 0 spiro atoms. The summed E-state index contributed by atoms with van der Waals surface area (Å²) >= 11 is 6.22. The molecule has 25 heavy (non-hydrogen) atoms. The second-order valence-electron chi connectivity index (χ2n) is 5.68. The summed E-state index contributed by atoms with van der Waals surface area (Å²) in [6, 6.07) is 7.45. The highest BCUT2D eigenvalue weighted by Gasteiger charge is 2.12. The molecule has 0 atom stereocenters. The largest absolute Gasteiger partial charge is 0.493 e. The Bertz CT molecular complexity index is 775.